The lowest BCUT2D eigenvalue weighted by Crippen LogP contribution is -2.36. The topological polar surface area (TPSA) is 100 Å². The van der Waals surface area contributed by atoms with Crippen LogP contribution in [-0.4, -0.2) is 31.2 Å². The van der Waals surface area contributed by atoms with Crippen molar-refractivity contribution in [1.29, 1.82) is 0 Å². The van der Waals surface area contributed by atoms with E-state index >= 15 is 0 Å². The number of guanidine groups is 1. The van der Waals surface area contributed by atoms with Crippen LogP contribution in [0.15, 0.2) is 70.7 Å². The Bertz CT molecular complexity index is 1170. The highest BCUT2D eigenvalue weighted by Gasteiger charge is 2.14. The fraction of sp³-hybridized carbons (Fsp3) is 0.238. The average Bonchev–Trinajstić information content (AvgIpc) is 3.17. The molecule has 172 valence electrons. The quantitative estimate of drug-likeness (QED) is 0.219. The Labute approximate surface area is 204 Å². The molecular formula is C21H26FIN6O2S. The predicted molar refractivity (Wildman–Crippen MR) is 133 cm³/mol. The first kappa shape index (κ1) is 25.7. The zero-order chi connectivity index (χ0) is 22.3. The van der Waals surface area contributed by atoms with Gasteiger partial charge >= 0.3 is 0 Å². The molecule has 0 saturated carbocycles. The molecule has 0 aliphatic carbocycles. The molecule has 0 unspecified atom stereocenters. The van der Waals surface area contributed by atoms with E-state index in [2.05, 4.69) is 25.4 Å². The van der Waals surface area contributed by atoms with Crippen LogP contribution in [-0.2, 0) is 36.7 Å². The summed E-state index contributed by atoms with van der Waals surface area (Å²) >= 11 is 0. The van der Waals surface area contributed by atoms with E-state index in [0.29, 0.717) is 24.6 Å². The third-order valence-corrected chi connectivity index (χ3v) is 6.01. The minimum atomic E-state index is -3.74. The summed E-state index contributed by atoms with van der Waals surface area (Å²) in [6, 6.07) is 14.3. The van der Waals surface area contributed by atoms with E-state index in [9.17, 15) is 12.8 Å². The summed E-state index contributed by atoms with van der Waals surface area (Å²) in [4.78, 5) is 4.32. The fourth-order valence-corrected chi connectivity index (χ4v) is 3.97. The Hall–Kier alpha value is -2.51. The molecule has 0 aliphatic heterocycles. The van der Waals surface area contributed by atoms with Crippen LogP contribution in [0.3, 0.4) is 0 Å². The first-order valence-electron chi connectivity index (χ1n) is 9.62. The summed E-state index contributed by atoms with van der Waals surface area (Å²) in [5.74, 6) is 0.175. The van der Waals surface area contributed by atoms with Crippen molar-refractivity contribution < 1.29 is 12.8 Å². The van der Waals surface area contributed by atoms with Crippen LogP contribution >= 0.6 is 24.0 Å². The maximum absolute atomic E-state index is 13.3. The molecule has 0 atom stereocenters. The normalized spacial score (nSPS) is 11.7. The maximum Gasteiger partial charge on any atom is 0.240 e. The molecule has 1 heterocycles. The number of hydrogen-bond donors (Lipinski definition) is 3. The number of aliphatic imine (C=N–C) groups is 1. The first-order valence-corrected chi connectivity index (χ1v) is 11.1. The van der Waals surface area contributed by atoms with Gasteiger partial charge in [0.1, 0.15) is 5.82 Å². The van der Waals surface area contributed by atoms with Crippen molar-refractivity contribution in [3.8, 4) is 0 Å². The zero-order valence-corrected chi connectivity index (χ0v) is 20.9. The van der Waals surface area contributed by atoms with Gasteiger partial charge in [0.05, 0.1) is 17.1 Å². The van der Waals surface area contributed by atoms with Gasteiger partial charge < -0.3 is 10.6 Å². The van der Waals surface area contributed by atoms with Gasteiger partial charge in [-0.3, -0.25) is 9.67 Å². The van der Waals surface area contributed by atoms with Gasteiger partial charge in [0.25, 0.3) is 0 Å². The first-order chi connectivity index (χ1) is 14.9. The van der Waals surface area contributed by atoms with E-state index in [1.807, 2.05) is 19.2 Å². The number of sulfonamides is 1. The van der Waals surface area contributed by atoms with Crippen molar-refractivity contribution in [2.75, 3.05) is 7.05 Å². The third-order valence-electron chi connectivity index (χ3n) is 4.61. The molecule has 0 bridgehead atoms. The molecule has 0 amide bonds. The number of halogens is 2. The number of rotatable bonds is 8. The summed E-state index contributed by atoms with van der Waals surface area (Å²) in [5.41, 5.74) is 2.32. The minimum absolute atomic E-state index is 0. The zero-order valence-electron chi connectivity index (χ0n) is 17.7. The highest BCUT2D eigenvalue weighted by atomic mass is 127. The number of hydrogen-bond acceptors (Lipinski definition) is 4. The summed E-state index contributed by atoms with van der Waals surface area (Å²) in [5, 5.41) is 10.5. The van der Waals surface area contributed by atoms with Crippen LogP contribution in [0.2, 0.25) is 0 Å². The second-order valence-corrected chi connectivity index (χ2v) is 8.59. The van der Waals surface area contributed by atoms with Gasteiger partial charge in [0.15, 0.2) is 5.96 Å². The summed E-state index contributed by atoms with van der Waals surface area (Å²) in [6.07, 6.45) is 1.72. The molecule has 8 nitrogen and oxygen atoms in total. The van der Waals surface area contributed by atoms with Crippen LogP contribution in [0.5, 0.6) is 0 Å². The van der Waals surface area contributed by atoms with E-state index in [0.717, 1.165) is 11.3 Å². The highest BCUT2D eigenvalue weighted by Crippen LogP contribution is 2.13. The molecule has 3 rings (SSSR count). The molecule has 3 N–H and O–H groups in total. The molecular weight excluding hydrogens is 546 g/mol. The van der Waals surface area contributed by atoms with Crippen LogP contribution in [0.4, 0.5) is 4.39 Å². The van der Waals surface area contributed by atoms with Gasteiger partial charge in [-0.25, -0.2) is 17.5 Å². The molecule has 0 saturated heterocycles. The standard InChI is InChI=1S/C21H25FN6O2S.HI/c1-23-21(25-15-19-9-10-26-28(19)2)24-13-17-6-4-8-20(12-17)31(29,30)27-14-16-5-3-7-18(22)11-16;/h3-12,27H,13-15H2,1-2H3,(H2,23,24,25);1H. The average molecular weight is 572 g/mol. The Balaban J connectivity index is 0.00000363. The summed E-state index contributed by atoms with van der Waals surface area (Å²) in [6.45, 7) is 0.944. The molecule has 32 heavy (non-hydrogen) atoms. The number of aromatic nitrogens is 2. The number of nitrogens with zero attached hydrogens (tertiary/aromatic N) is 3. The summed E-state index contributed by atoms with van der Waals surface area (Å²) < 4.78 is 42.8. The van der Waals surface area contributed by atoms with Crippen LogP contribution in [0.1, 0.15) is 16.8 Å². The molecule has 0 aliphatic rings. The maximum atomic E-state index is 13.3. The fourth-order valence-electron chi connectivity index (χ4n) is 2.89. The smallest absolute Gasteiger partial charge is 0.240 e. The molecule has 2 aromatic carbocycles. The van der Waals surface area contributed by atoms with Gasteiger partial charge in [-0.1, -0.05) is 24.3 Å². The highest BCUT2D eigenvalue weighted by molar-refractivity contribution is 14.0. The van der Waals surface area contributed by atoms with Crippen LogP contribution in [0, 0.1) is 5.82 Å². The lowest BCUT2D eigenvalue weighted by atomic mass is 10.2. The predicted octanol–water partition coefficient (Wildman–Crippen LogP) is 2.52. The Morgan fingerprint density at radius 3 is 2.38 bits per heavy atom. The molecule has 0 radical (unpaired) electrons. The van der Waals surface area contributed by atoms with Gasteiger partial charge in [0.2, 0.25) is 10.0 Å². The van der Waals surface area contributed by atoms with Gasteiger partial charge in [0, 0.05) is 33.4 Å². The van der Waals surface area contributed by atoms with Crippen molar-refractivity contribution >= 4 is 40.0 Å². The van der Waals surface area contributed by atoms with Crippen LogP contribution in [0.25, 0.3) is 0 Å². The van der Waals surface area contributed by atoms with Crippen molar-refractivity contribution in [1.82, 2.24) is 25.1 Å². The van der Waals surface area contributed by atoms with E-state index in [1.165, 1.54) is 18.2 Å². The molecule has 0 spiro atoms. The lowest BCUT2D eigenvalue weighted by Gasteiger charge is -2.13. The van der Waals surface area contributed by atoms with Crippen molar-refractivity contribution in [3.63, 3.8) is 0 Å². The Morgan fingerprint density at radius 1 is 1.03 bits per heavy atom. The Kier molecular flexibility index (Phi) is 9.60. The largest absolute Gasteiger partial charge is 0.352 e. The van der Waals surface area contributed by atoms with E-state index in [-0.39, 0.29) is 35.4 Å². The van der Waals surface area contributed by atoms with E-state index < -0.39 is 15.8 Å². The third kappa shape index (κ3) is 7.28. The number of benzene rings is 2. The van der Waals surface area contributed by atoms with Crippen LogP contribution < -0.4 is 15.4 Å². The molecule has 3 aromatic rings. The second kappa shape index (κ2) is 11.9. The van der Waals surface area contributed by atoms with Gasteiger partial charge in [-0.15, -0.1) is 24.0 Å². The van der Waals surface area contributed by atoms with E-state index in [1.54, 1.807) is 42.2 Å². The van der Waals surface area contributed by atoms with E-state index in [4.69, 9.17) is 0 Å². The Morgan fingerprint density at radius 2 is 1.72 bits per heavy atom. The molecule has 11 heteroatoms. The minimum Gasteiger partial charge on any atom is -0.352 e. The van der Waals surface area contributed by atoms with Crippen molar-refractivity contribution in [2.45, 2.75) is 24.5 Å². The lowest BCUT2D eigenvalue weighted by molar-refractivity contribution is 0.580. The van der Waals surface area contributed by atoms with Crippen molar-refractivity contribution in [2.24, 2.45) is 12.0 Å². The molecule has 1 aromatic heterocycles. The van der Waals surface area contributed by atoms with Crippen molar-refractivity contribution in [3.05, 3.63) is 83.4 Å². The summed E-state index contributed by atoms with van der Waals surface area (Å²) in [7, 11) is -0.213. The number of nitrogens with one attached hydrogen (secondary N) is 3. The second-order valence-electron chi connectivity index (χ2n) is 6.83. The van der Waals surface area contributed by atoms with Gasteiger partial charge in [-0.2, -0.15) is 5.10 Å². The monoisotopic (exact) mass is 572 g/mol. The van der Waals surface area contributed by atoms with Gasteiger partial charge in [-0.05, 0) is 41.5 Å². The number of aryl methyl sites for hydroxylation is 1. The SMILES string of the molecule is CN=C(NCc1cccc(S(=O)(=O)NCc2cccc(F)c2)c1)NCc1ccnn1C.I. The molecule has 0 fully saturated rings.